The maximum absolute atomic E-state index is 6.07. The fraction of sp³-hybridized carbons (Fsp3) is 0.250. The molecular weight excluding hydrogens is 222 g/mol. The second-order valence-corrected chi connectivity index (χ2v) is 4.15. The number of nitrogens with two attached hydrogens (primary N) is 1. The van der Waals surface area contributed by atoms with Crippen LogP contribution in [-0.2, 0) is 6.42 Å². The third-order valence-electron chi connectivity index (χ3n) is 2.42. The van der Waals surface area contributed by atoms with E-state index < -0.39 is 0 Å². The molecule has 1 heterocycles. The molecule has 2 rings (SSSR count). The number of halogens is 1. The Bertz CT molecular complexity index is 474. The van der Waals surface area contributed by atoms with Crippen molar-refractivity contribution in [2.75, 3.05) is 6.54 Å². The Morgan fingerprint density at radius 2 is 2.00 bits per heavy atom. The number of benzene rings is 1. The monoisotopic (exact) mass is 235 g/mol. The van der Waals surface area contributed by atoms with Crippen molar-refractivity contribution >= 4 is 11.6 Å². The standard InChI is InChI=1S/C12H14ClN3/c1-9-2-4-10(5-3-9)16-8-11(13)12(15-16)6-7-14/h2-5,8H,6-7,14H2,1H3. The van der Waals surface area contributed by atoms with Crippen LogP contribution in [0.1, 0.15) is 11.3 Å². The van der Waals surface area contributed by atoms with E-state index in [1.165, 1.54) is 5.56 Å². The highest BCUT2D eigenvalue weighted by Gasteiger charge is 2.06. The first kappa shape index (κ1) is 11.2. The molecule has 0 aliphatic carbocycles. The van der Waals surface area contributed by atoms with Crippen LogP contribution in [0.3, 0.4) is 0 Å². The predicted octanol–water partition coefficient (Wildman–Crippen LogP) is 2.34. The average Bonchev–Trinajstić information content (AvgIpc) is 2.62. The first-order chi connectivity index (χ1) is 7.70. The third kappa shape index (κ3) is 2.26. The smallest absolute Gasteiger partial charge is 0.0827 e. The van der Waals surface area contributed by atoms with Gasteiger partial charge in [0.1, 0.15) is 0 Å². The van der Waals surface area contributed by atoms with Gasteiger partial charge >= 0.3 is 0 Å². The van der Waals surface area contributed by atoms with Crippen molar-refractivity contribution < 1.29 is 0 Å². The molecule has 0 radical (unpaired) electrons. The lowest BCUT2D eigenvalue weighted by atomic mass is 10.2. The normalized spacial score (nSPS) is 10.7. The Morgan fingerprint density at radius 1 is 1.31 bits per heavy atom. The third-order valence-corrected chi connectivity index (χ3v) is 2.74. The lowest BCUT2D eigenvalue weighted by Gasteiger charge is -2.01. The Labute approximate surface area is 99.8 Å². The van der Waals surface area contributed by atoms with Crippen LogP contribution in [0.2, 0.25) is 5.02 Å². The second-order valence-electron chi connectivity index (χ2n) is 3.74. The number of aryl methyl sites for hydroxylation is 1. The molecule has 0 aliphatic heterocycles. The van der Waals surface area contributed by atoms with Crippen LogP contribution in [0.4, 0.5) is 0 Å². The Hall–Kier alpha value is -1.32. The topological polar surface area (TPSA) is 43.8 Å². The van der Waals surface area contributed by atoms with Gasteiger partial charge in [0.25, 0.3) is 0 Å². The van der Waals surface area contributed by atoms with Crippen LogP contribution in [0.15, 0.2) is 30.5 Å². The van der Waals surface area contributed by atoms with Gasteiger partial charge in [0.2, 0.25) is 0 Å². The quantitative estimate of drug-likeness (QED) is 0.888. The van der Waals surface area contributed by atoms with E-state index in [0.717, 1.165) is 11.4 Å². The van der Waals surface area contributed by atoms with Gasteiger partial charge in [-0.15, -0.1) is 0 Å². The summed E-state index contributed by atoms with van der Waals surface area (Å²) in [4.78, 5) is 0. The fourth-order valence-electron chi connectivity index (χ4n) is 1.52. The van der Waals surface area contributed by atoms with E-state index in [9.17, 15) is 0 Å². The minimum absolute atomic E-state index is 0.560. The van der Waals surface area contributed by atoms with Gasteiger partial charge in [0.05, 0.1) is 16.4 Å². The summed E-state index contributed by atoms with van der Waals surface area (Å²) in [6, 6.07) is 8.14. The van der Waals surface area contributed by atoms with Crippen LogP contribution >= 0.6 is 11.6 Å². The lowest BCUT2D eigenvalue weighted by Crippen LogP contribution is -2.04. The molecule has 0 fully saturated rings. The summed E-state index contributed by atoms with van der Waals surface area (Å²) in [5, 5.41) is 5.08. The summed E-state index contributed by atoms with van der Waals surface area (Å²) in [6.07, 6.45) is 2.52. The van der Waals surface area contributed by atoms with E-state index in [1.807, 2.05) is 30.5 Å². The number of aromatic nitrogens is 2. The maximum Gasteiger partial charge on any atom is 0.0827 e. The highest BCUT2D eigenvalue weighted by Crippen LogP contribution is 2.17. The van der Waals surface area contributed by atoms with E-state index in [4.69, 9.17) is 17.3 Å². The zero-order chi connectivity index (χ0) is 11.5. The van der Waals surface area contributed by atoms with Gasteiger partial charge in [0.15, 0.2) is 0 Å². The first-order valence-electron chi connectivity index (χ1n) is 5.22. The molecule has 0 unspecified atom stereocenters. The van der Waals surface area contributed by atoms with Crippen molar-refractivity contribution in [1.82, 2.24) is 9.78 Å². The Morgan fingerprint density at radius 3 is 2.62 bits per heavy atom. The van der Waals surface area contributed by atoms with Gasteiger partial charge < -0.3 is 5.73 Å². The van der Waals surface area contributed by atoms with Crippen molar-refractivity contribution in [2.45, 2.75) is 13.3 Å². The molecule has 0 amide bonds. The number of rotatable bonds is 3. The summed E-state index contributed by atoms with van der Waals surface area (Å²) in [5.74, 6) is 0. The van der Waals surface area contributed by atoms with Crippen molar-refractivity contribution in [2.24, 2.45) is 5.73 Å². The van der Waals surface area contributed by atoms with Gasteiger partial charge in [-0.1, -0.05) is 29.3 Å². The van der Waals surface area contributed by atoms with E-state index >= 15 is 0 Å². The van der Waals surface area contributed by atoms with Crippen LogP contribution in [0.5, 0.6) is 0 Å². The number of nitrogens with zero attached hydrogens (tertiary/aromatic N) is 2. The van der Waals surface area contributed by atoms with Gasteiger partial charge in [-0.2, -0.15) is 5.10 Å². The molecule has 3 nitrogen and oxygen atoms in total. The van der Waals surface area contributed by atoms with Crippen LogP contribution in [-0.4, -0.2) is 16.3 Å². The van der Waals surface area contributed by atoms with Gasteiger partial charge in [0, 0.05) is 12.6 Å². The molecule has 0 aliphatic rings. The zero-order valence-electron chi connectivity index (χ0n) is 9.15. The summed E-state index contributed by atoms with van der Waals surface area (Å²) in [5.41, 5.74) is 8.58. The van der Waals surface area contributed by atoms with Crippen molar-refractivity contribution in [3.8, 4) is 5.69 Å². The van der Waals surface area contributed by atoms with E-state index in [1.54, 1.807) is 4.68 Å². The van der Waals surface area contributed by atoms with E-state index in [-0.39, 0.29) is 0 Å². The van der Waals surface area contributed by atoms with E-state index in [2.05, 4.69) is 12.0 Å². The zero-order valence-corrected chi connectivity index (χ0v) is 9.91. The first-order valence-corrected chi connectivity index (χ1v) is 5.59. The Kier molecular flexibility index (Phi) is 3.27. The molecule has 1 aromatic heterocycles. The van der Waals surface area contributed by atoms with Gasteiger partial charge in [-0.3, -0.25) is 0 Å². The SMILES string of the molecule is Cc1ccc(-n2cc(Cl)c(CCN)n2)cc1. The molecule has 0 spiro atoms. The van der Waals surface area contributed by atoms with Crippen molar-refractivity contribution in [3.63, 3.8) is 0 Å². The fourth-order valence-corrected chi connectivity index (χ4v) is 1.75. The lowest BCUT2D eigenvalue weighted by molar-refractivity contribution is 0.821. The molecule has 1 aromatic carbocycles. The summed E-state index contributed by atoms with van der Waals surface area (Å²) < 4.78 is 1.78. The molecule has 0 saturated heterocycles. The summed E-state index contributed by atoms with van der Waals surface area (Å²) in [7, 11) is 0. The molecule has 0 saturated carbocycles. The van der Waals surface area contributed by atoms with E-state index in [0.29, 0.717) is 18.0 Å². The molecule has 2 N–H and O–H groups in total. The van der Waals surface area contributed by atoms with Crippen LogP contribution in [0, 0.1) is 6.92 Å². The van der Waals surface area contributed by atoms with Crippen LogP contribution < -0.4 is 5.73 Å². The molecule has 4 heteroatoms. The van der Waals surface area contributed by atoms with Crippen molar-refractivity contribution in [1.29, 1.82) is 0 Å². The highest BCUT2D eigenvalue weighted by atomic mass is 35.5. The van der Waals surface area contributed by atoms with Gasteiger partial charge in [-0.05, 0) is 25.6 Å². The predicted molar refractivity (Wildman–Crippen MR) is 66.1 cm³/mol. The molecule has 16 heavy (non-hydrogen) atoms. The number of hydrogen-bond acceptors (Lipinski definition) is 2. The minimum Gasteiger partial charge on any atom is -0.330 e. The van der Waals surface area contributed by atoms with Gasteiger partial charge in [-0.25, -0.2) is 4.68 Å². The largest absolute Gasteiger partial charge is 0.330 e. The molecule has 2 aromatic rings. The second kappa shape index (κ2) is 4.68. The average molecular weight is 236 g/mol. The number of hydrogen-bond donors (Lipinski definition) is 1. The molecule has 0 atom stereocenters. The highest BCUT2D eigenvalue weighted by molar-refractivity contribution is 6.31. The summed E-state index contributed by atoms with van der Waals surface area (Å²) >= 11 is 6.07. The van der Waals surface area contributed by atoms with Crippen molar-refractivity contribution in [3.05, 3.63) is 46.7 Å². The Balaban J connectivity index is 2.33. The maximum atomic E-state index is 6.07. The molecule has 84 valence electrons. The molecular formula is C12H14ClN3. The summed E-state index contributed by atoms with van der Waals surface area (Å²) in [6.45, 7) is 2.62. The molecule has 0 bridgehead atoms. The van der Waals surface area contributed by atoms with Crippen LogP contribution in [0.25, 0.3) is 5.69 Å². The minimum atomic E-state index is 0.560.